The third-order valence-electron chi connectivity index (χ3n) is 2.13. The van der Waals surface area contributed by atoms with Gasteiger partial charge in [-0.3, -0.25) is 5.41 Å². The van der Waals surface area contributed by atoms with Crippen LogP contribution in [0.3, 0.4) is 0 Å². The molecule has 0 aliphatic rings. The number of aryl methyl sites for hydroxylation is 1. The topological polar surface area (TPSA) is 59.1 Å². The summed E-state index contributed by atoms with van der Waals surface area (Å²) in [5.41, 5.74) is 7.74. The number of nitrogens with two attached hydrogens (primary N) is 1. The molecule has 76 valence electrons. The average molecular weight is 213 g/mol. The normalized spacial score (nSPS) is 10.0. The molecule has 0 amide bonds. The summed E-state index contributed by atoms with van der Waals surface area (Å²) in [5.74, 6) is 0.568. The molecule has 0 atom stereocenters. The predicted molar refractivity (Wildman–Crippen MR) is 58.5 cm³/mol. The Morgan fingerprint density at radius 3 is 2.50 bits per heavy atom. The van der Waals surface area contributed by atoms with Crippen molar-refractivity contribution in [1.82, 2.24) is 0 Å². The summed E-state index contributed by atoms with van der Waals surface area (Å²) in [6.45, 7) is 3.72. The van der Waals surface area contributed by atoms with Crippen LogP contribution in [0.5, 0.6) is 5.75 Å². The molecule has 0 aliphatic heterocycles. The maximum Gasteiger partial charge on any atom is 0.130 e. The first kappa shape index (κ1) is 10.9. The second-order valence-corrected chi connectivity index (χ2v) is 3.50. The molecular formula is C10H13ClN2O. The molecule has 1 aromatic carbocycles. The van der Waals surface area contributed by atoms with Crippen LogP contribution in [0.1, 0.15) is 16.7 Å². The summed E-state index contributed by atoms with van der Waals surface area (Å²) in [7, 11) is 1.55. The molecule has 0 unspecified atom stereocenters. The Balaban J connectivity index is 3.53. The van der Waals surface area contributed by atoms with E-state index in [1.165, 1.54) is 0 Å². The number of benzene rings is 1. The number of hydrogen-bond donors (Lipinski definition) is 2. The van der Waals surface area contributed by atoms with Crippen LogP contribution in [0.15, 0.2) is 6.07 Å². The number of hydrogen-bond acceptors (Lipinski definition) is 2. The van der Waals surface area contributed by atoms with Crippen LogP contribution in [-0.4, -0.2) is 12.9 Å². The molecule has 0 heterocycles. The SMILES string of the molecule is COc1cc(C)c(Cl)c(C)c1C(=N)N. The van der Waals surface area contributed by atoms with Crippen molar-refractivity contribution in [2.24, 2.45) is 5.73 Å². The summed E-state index contributed by atoms with van der Waals surface area (Å²) >= 11 is 6.05. The number of nitrogens with one attached hydrogen (secondary N) is 1. The zero-order valence-corrected chi connectivity index (χ0v) is 9.20. The van der Waals surface area contributed by atoms with Gasteiger partial charge in [0.1, 0.15) is 11.6 Å². The molecule has 4 heteroatoms. The lowest BCUT2D eigenvalue weighted by Gasteiger charge is -2.13. The van der Waals surface area contributed by atoms with E-state index in [0.29, 0.717) is 16.3 Å². The zero-order valence-electron chi connectivity index (χ0n) is 8.44. The molecule has 1 rings (SSSR count). The van der Waals surface area contributed by atoms with E-state index >= 15 is 0 Å². The van der Waals surface area contributed by atoms with E-state index in [1.54, 1.807) is 13.2 Å². The van der Waals surface area contributed by atoms with E-state index in [4.69, 9.17) is 27.5 Å². The fraction of sp³-hybridized carbons (Fsp3) is 0.300. The Bertz CT molecular complexity index is 388. The van der Waals surface area contributed by atoms with Crippen LogP contribution in [0.2, 0.25) is 5.02 Å². The quantitative estimate of drug-likeness (QED) is 0.584. The summed E-state index contributed by atoms with van der Waals surface area (Å²) in [6, 6.07) is 1.78. The molecule has 3 N–H and O–H groups in total. The van der Waals surface area contributed by atoms with Gasteiger partial charge in [-0.1, -0.05) is 11.6 Å². The number of rotatable bonds is 2. The van der Waals surface area contributed by atoms with Gasteiger partial charge in [-0.15, -0.1) is 0 Å². The third kappa shape index (κ3) is 1.68. The van der Waals surface area contributed by atoms with E-state index in [0.717, 1.165) is 11.1 Å². The molecule has 1 aromatic rings. The minimum absolute atomic E-state index is 0.0266. The molecule has 0 aromatic heterocycles. The van der Waals surface area contributed by atoms with Crippen molar-refractivity contribution in [2.45, 2.75) is 13.8 Å². The number of amidine groups is 1. The van der Waals surface area contributed by atoms with Gasteiger partial charge in [-0.2, -0.15) is 0 Å². The lowest BCUT2D eigenvalue weighted by atomic mass is 10.0. The zero-order chi connectivity index (χ0) is 10.9. The van der Waals surface area contributed by atoms with Crippen molar-refractivity contribution in [3.63, 3.8) is 0 Å². The summed E-state index contributed by atoms with van der Waals surface area (Å²) in [6.07, 6.45) is 0. The molecule has 3 nitrogen and oxygen atoms in total. The molecule has 0 fully saturated rings. The van der Waals surface area contributed by atoms with E-state index in [1.807, 2.05) is 13.8 Å². The number of methoxy groups -OCH3 is 1. The molecule has 0 spiro atoms. The van der Waals surface area contributed by atoms with Gasteiger partial charge in [0.2, 0.25) is 0 Å². The van der Waals surface area contributed by atoms with Crippen molar-refractivity contribution in [3.05, 3.63) is 27.8 Å². The van der Waals surface area contributed by atoms with Crippen LogP contribution >= 0.6 is 11.6 Å². The summed E-state index contributed by atoms with van der Waals surface area (Å²) in [4.78, 5) is 0. The van der Waals surface area contributed by atoms with E-state index in [2.05, 4.69) is 0 Å². The Morgan fingerprint density at radius 1 is 1.50 bits per heavy atom. The van der Waals surface area contributed by atoms with Gasteiger partial charge in [0.15, 0.2) is 0 Å². The molecule has 14 heavy (non-hydrogen) atoms. The molecule has 0 saturated carbocycles. The van der Waals surface area contributed by atoms with Crippen LogP contribution in [-0.2, 0) is 0 Å². The number of ether oxygens (including phenoxy) is 1. The molecule has 0 bridgehead atoms. The lowest BCUT2D eigenvalue weighted by Crippen LogP contribution is -2.15. The molecule has 0 radical (unpaired) electrons. The van der Waals surface area contributed by atoms with Crippen LogP contribution < -0.4 is 10.5 Å². The van der Waals surface area contributed by atoms with E-state index in [-0.39, 0.29) is 5.84 Å². The number of halogens is 1. The Morgan fingerprint density at radius 2 is 2.07 bits per heavy atom. The lowest BCUT2D eigenvalue weighted by molar-refractivity contribution is 0.413. The highest BCUT2D eigenvalue weighted by atomic mass is 35.5. The third-order valence-corrected chi connectivity index (χ3v) is 2.72. The molecule has 0 aliphatic carbocycles. The summed E-state index contributed by atoms with van der Waals surface area (Å²) < 4.78 is 5.14. The smallest absolute Gasteiger partial charge is 0.130 e. The predicted octanol–water partition coefficient (Wildman–Crippen LogP) is 2.25. The largest absolute Gasteiger partial charge is 0.496 e. The van der Waals surface area contributed by atoms with E-state index < -0.39 is 0 Å². The van der Waals surface area contributed by atoms with Gasteiger partial charge in [0.05, 0.1) is 12.7 Å². The van der Waals surface area contributed by atoms with Gasteiger partial charge < -0.3 is 10.5 Å². The number of nitrogen functional groups attached to an aromatic ring is 1. The van der Waals surface area contributed by atoms with Crippen LogP contribution in [0, 0.1) is 19.3 Å². The maximum atomic E-state index is 7.43. The van der Waals surface area contributed by atoms with Crippen LogP contribution in [0.4, 0.5) is 0 Å². The van der Waals surface area contributed by atoms with E-state index in [9.17, 15) is 0 Å². The minimum atomic E-state index is -0.0266. The van der Waals surface area contributed by atoms with Gasteiger partial charge in [0.25, 0.3) is 0 Å². The second kappa shape index (κ2) is 3.88. The van der Waals surface area contributed by atoms with Gasteiger partial charge in [-0.05, 0) is 31.0 Å². The Labute approximate surface area is 88.3 Å². The standard InChI is InChI=1S/C10H13ClN2O/c1-5-4-7(14-3)8(10(12)13)6(2)9(5)11/h4H,1-3H3,(H3,12,13). The van der Waals surface area contributed by atoms with Crippen molar-refractivity contribution in [3.8, 4) is 5.75 Å². The Hall–Kier alpha value is -1.22. The first-order valence-electron chi connectivity index (χ1n) is 4.17. The second-order valence-electron chi connectivity index (χ2n) is 3.12. The van der Waals surface area contributed by atoms with Gasteiger partial charge >= 0.3 is 0 Å². The average Bonchev–Trinajstić information content (AvgIpc) is 2.12. The van der Waals surface area contributed by atoms with Crippen molar-refractivity contribution in [1.29, 1.82) is 5.41 Å². The van der Waals surface area contributed by atoms with Gasteiger partial charge in [-0.25, -0.2) is 0 Å². The highest BCUT2D eigenvalue weighted by molar-refractivity contribution is 6.32. The fourth-order valence-corrected chi connectivity index (χ4v) is 1.57. The van der Waals surface area contributed by atoms with Crippen LogP contribution in [0.25, 0.3) is 0 Å². The highest BCUT2D eigenvalue weighted by Crippen LogP contribution is 2.30. The first-order valence-corrected chi connectivity index (χ1v) is 4.55. The molecular weight excluding hydrogens is 200 g/mol. The first-order chi connectivity index (χ1) is 6.49. The van der Waals surface area contributed by atoms with Crippen molar-refractivity contribution < 1.29 is 4.74 Å². The molecule has 0 saturated heterocycles. The fourth-order valence-electron chi connectivity index (χ4n) is 1.42. The monoisotopic (exact) mass is 212 g/mol. The van der Waals surface area contributed by atoms with Gasteiger partial charge in [0, 0.05) is 5.02 Å². The highest BCUT2D eigenvalue weighted by Gasteiger charge is 2.14. The van der Waals surface area contributed by atoms with Crippen molar-refractivity contribution in [2.75, 3.05) is 7.11 Å². The Kier molecular flexibility index (Phi) is 3.01. The summed E-state index contributed by atoms with van der Waals surface area (Å²) in [5, 5.41) is 8.06. The minimum Gasteiger partial charge on any atom is -0.496 e. The maximum absolute atomic E-state index is 7.43. The van der Waals surface area contributed by atoms with Crippen molar-refractivity contribution >= 4 is 17.4 Å².